The molecule has 5 nitrogen and oxygen atoms in total. The fourth-order valence-electron chi connectivity index (χ4n) is 3.31. The maximum absolute atomic E-state index is 12.4. The molecular formula is C26H21BrClNO4. The molecule has 0 saturated heterocycles. The molecule has 0 atom stereocenters. The number of benzene rings is 3. The van der Waals surface area contributed by atoms with Gasteiger partial charge in [0.05, 0.1) is 11.6 Å². The summed E-state index contributed by atoms with van der Waals surface area (Å²) in [5.41, 5.74) is 3.72. The summed E-state index contributed by atoms with van der Waals surface area (Å²) in [6, 6.07) is 18.9. The summed E-state index contributed by atoms with van der Waals surface area (Å²) in [7, 11) is 0. The molecule has 0 aromatic heterocycles. The highest BCUT2D eigenvalue weighted by Gasteiger charge is 2.24. The lowest BCUT2D eigenvalue weighted by Gasteiger charge is -2.15. The minimum atomic E-state index is -0.529. The second-order valence-corrected chi connectivity index (χ2v) is 8.65. The van der Waals surface area contributed by atoms with E-state index in [0.29, 0.717) is 40.9 Å². The smallest absolute Gasteiger partial charge is 0.363 e. The van der Waals surface area contributed by atoms with Crippen LogP contribution in [-0.4, -0.2) is 18.5 Å². The first kappa shape index (κ1) is 23.1. The molecular weight excluding hydrogens is 506 g/mol. The molecule has 0 saturated carbocycles. The van der Waals surface area contributed by atoms with Crippen LogP contribution >= 0.6 is 27.5 Å². The first-order valence-corrected chi connectivity index (χ1v) is 11.5. The third-order valence-corrected chi connectivity index (χ3v) is 5.73. The molecule has 3 aromatic carbocycles. The number of rotatable bonds is 7. The number of ether oxygens (including phenoxy) is 3. The van der Waals surface area contributed by atoms with Gasteiger partial charge in [0.25, 0.3) is 0 Å². The van der Waals surface area contributed by atoms with E-state index < -0.39 is 5.97 Å². The van der Waals surface area contributed by atoms with Crippen LogP contribution in [0.5, 0.6) is 11.5 Å². The van der Waals surface area contributed by atoms with E-state index in [0.717, 1.165) is 15.6 Å². The SMILES string of the molecule is CCOc1cc(/C=C2\N=C(c3cccc(Br)c3)OC2=O)cc(Cl)c1OCc1ccccc1C. The van der Waals surface area contributed by atoms with Crippen molar-refractivity contribution in [3.05, 3.63) is 98.1 Å². The van der Waals surface area contributed by atoms with E-state index in [4.69, 9.17) is 25.8 Å². The van der Waals surface area contributed by atoms with Gasteiger partial charge in [0.1, 0.15) is 6.61 Å². The molecule has 0 fully saturated rings. The molecule has 0 radical (unpaired) electrons. The van der Waals surface area contributed by atoms with Crippen LogP contribution in [0.3, 0.4) is 0 Å². The van der Waals surface area contributed by atoms with Gasteiger partial charge in [0, 0.05) is 10.0 Å². The van der Waals surface area contributed by atoms with Crippen LogP contribution in [0.2, 0.25) is 5.02 Å². The summed E-state index contributed by atoms with van der Waals surface area (Å²) in [5.74, 6) is 0.671. The molecule has 33 heavy (non-hydrogen) atoms. The van der Waals surface area contributed by atoms with Crippen LogP contribution in [0.1, 0.15) is 29.2 Å². The summed E-state index contributed by atoms with van der Waals surface area (Å²) in [4.78, 5) is 16.8. The number of aliphatic imine (C=N–C) groups is 1. The molecule has 0 bridgehead atoms. The average Bonchev–Trinajstić information content (AvgIpc) is 3.15. The van der Waals surface area contributed by atoms with Crippen molar-refractivity contribution < 1.29 is 19.0 Å². The molecule has 1 aliphatic heterocycles. The maximum Gasteiger partial charge on any atom is 0.363 e. The summed E-state index contributed by atoms with van der Waals surface area (Å²) in [5, 5.41) is 0.379. The van der Waals surface area contributed by atoms with Gasteiger partial charge in [-0.3, -0.25) is 0 Å². The molecule has 4 rings (SSSR count). The Labute approximate surface area is 205 Å². The largest absolute Gasteiger partial charge is 0.490 e. The topological polar surface area (TPSA) is 57.1 Å². The van der Waals surface area contributed by atoms with Gasteiger partial charge >= 0.3 is 5.97 Å². The fraction of sp³-hybridized carbons (Fsp3) is 0.154. The molecule has 0 amide bonds. The Morgan fingerprint density at radius 2 is 1.91 bits per heavy atom. The van der Waals surface area contributed by atoms with Crippen LogP contribution < -0.4 is 9.47 Å². The lowest BCUT2D eigenvalue weighted by molar-refractivity contribution is -0.129. The lowest BCUT2D eigenvalue weighted by atomic mass is 10.1. The van der Waals surface area contributed by atoms with Crippen LogP contribution in [-0.2, 0) is 16.1 Å². The van der Waals surface area contributed by atoms with Gasteiger partial charge in [-0.05, 0) is 66.9 Å². The Bertz CT molecular complexity index is 1270. The zero-order valence-corrected chi connectivity index (χ0v) is 20.4. The summed E-state index contributed by atoms with van der Waals surface area (Å²) in [6.45, 7) is 4.71. The highest BCUT2D eigenvalue weighted by molar-refractivity contribution is 9.10. The zero-order chi connectivity index (χ0) is 23.4. The van der Waals surface area contributed by atoms with Gasteiger partial charge in [0.15, 0.2) is 17.2 Å². The van der Waals surface area contributed by atoms with E-state index in [2.05, 4.69) is 20.9 Å². The van der Waals surface area contributed by atoms with E-state index in [1.165, 1.54) is 0 Å². The number of esters is 1. The Hall–Kier alpha value is -3.09. The van der Waals surface area contributed by atoms with Gasteiger partial charge < -0.3 is 14.2 Å². The van der Waals surface area contributed by atoms with E-state index in [9.17, 15) is 4.79 Å². The molecule has 0 unspecified atom stereocenters. The number of hydrogen-bond acceptors (Lipinski definition) is 5. The van der Waals surface area contributed by atoms with Crippen LogP contribution in [0.25, 0.3) is 6.08 Å². The monoisotopic (exact) mass is 525 g/mol. The van der Waals surface area contributed by atoms with Crippen molar-refractivity contribution in [3.8, 4) is 11.5 Å². The minimum absolute atomic E-state index is 0.178. The molecule has 7 heteroatoms. The molecule has 1 aliphatic rings. The average molecular weight is 527 g/mol. The highest BCUT2D eigenvalue weighted by Crippen LogP contribution is 2.38. The molecule has 168 valence electrons. The molecule has 1 heterocycles. The summed E-state index contributed by atoms with van der Waals surface area (Å²) < 4.78 is 18.0. The van der Waals surface area contributed by atoms with Crippen LogP contribution in [0.4, 0.5) is 0 Å². The van der Waals surface area contributed by atoms with Crippen molar-refractivity contribution in [1.29, 1.82) is 0 Å². The zero-order valence-electron chi connectivity index (χ0n) is 18.1. The normalized spacial score (nSPS) is 14.2. The van der Waals surface area contributed by atoms with Crippen molar-refractivity contribution in [2.45, 2.75) is 20.5 Å². The third kappa shape index (κ3) is 5.46. The maximum atomic E-state index is 12.4. The van der Waals surface area contributed by atoms with Crippen molar-refractivity contribution in [1.82, 2.24) is 0 Å². The highest BCUT2D eigenvalue weighted by atomic mass is 79.9. The summed E-state index contributed by atoms with van der Waals surface area (Å²) >= 11 is 9.96. The second-order valence-electron chi connectivity index (χ2n) is 7.32. The van der Waals surface area contributed by atoms with Crippen molar-refractivity contribution in [3.63, 3.8) is 0 Å². The summed E-state index contributed by atoms with van der Waals surface area (Å²) in [6.07, 6.45) is 1.62. The van der Waals surface area contributed by atoms with Crippen molar-refractivity contribution in [2.24, 2.45) is 4.99 Å². The fourth-order valence-corrected chi connectivity index (χ4v) is 3.98. The van der Waals surface area contributed by atoms with Gasteiger partial charge in [-0.2, -0.15) is 0 Å². The van der Waals surface area contributed by atoms with Gasteiger partial charge in [-0.25, -0.2) is 9.79 Å². The van der Waals surface area contributed by atoms with Gasteiger partial charge in [0.2, 0.25) is 5.90 Å². The first-order valence-electron chi connectivity index (χ1n) is 10.4. The number of halogens is 2. The molecule has 3 aromatic rings. The number of carbonyl (C=O) groups excluding carboxylic acids is 1. The number of hydrogen-bond donors (Lipinski definition) is 0. The Balaban J connectivity index is 1.62. The van der Waals surface area contributed by atoms with Gasteiger partial charge in [-0.15, -0.1) is 0 Å². The Morgan fingerprint density at radius 3 is 2.67 bits per heavy atom. The Kier molecular flexibility index (Phi) is 7.16. The Morgan fingerprint density at radius 1 is 1.09 bits per heavy atom. The number of cyclic esters (lactones) is 1. The van der Waals surface area contributed by atoms with E-state index in [-0.39, 0.29) is 11.6 Å². The van der Waals surface area contributed by atoms with Gasteiger partial charge in [-0.1, -0.05) is 57.9 Å². The lowest BCUT2D eigenvalue weighted by Crippen LogP contribution is -2.05. The predicted octanol–water partition coefficient (Wildman–Crippen LogP) is 6.73. The van der Waals surface area contributed by atoms with Crippen molar-refractivity contribution >= 4 is 45.5 Å². The molecule has 0 spiro atoms. The first-order chi connectivity index (χ1) is 15.9. The van der Waals surface area contributed by atoms with Crippen LogP contribution in [0.15, 0.2) is 75.8 Å². The van der Waals surface area contributed by atoms with E-state index >= 15 is 0 Å². The molecule has 0 N–H and O–H groups in total. The second kappa shape index (κ2) is 10.2. The van der Waals surface area contributed by atoms with E-state index in [1.807, 2.05) is 62.4 Å². The van der Waals surface area contributed by atoms with Crippen molar-refractivity contribution in [2.75, 3.05) is 6.61 Å². The number of aryl methyl sites for hydroxylation is 1. The predicted molar refractivity (Wildman–Crippen MR) is 133 cm³/mol. The molecule has 0 aliphatic carbocycles. The van der Waals surface area contributed by atoms with E-state index in [1.54, 1.807) is 18.2 Å². The third-order valence-electron chi connectivity index (χ3n) is 4.96. The van der Waals surface area contributed by atoms with Crippen LogP contribution in [0, 0.1) is 6.92 Å². The number of nitrogens with zero attached hydrogens (tertiary/aromatic N) is 1. The standard InChI is InChI=1S/C26H21BrClNO4/c1-3-31-23-13-17(11-21(28)24(23)32-15-19-8-5-4-7-16(19)2)12-22-26(30)33-25(29-22)18-9-6-10-20(27)14-18/h4-14H,3,15H2,1-2H3/b22-12-. The minimum Gasteiger partial charge on any atom is -0.490 e. The quantitative estimate of drug-likeness (QED) is 0.253. The number of carbonyl (C=O) groups is 1.